The Kier molecular flexibility index (Phi) is 5.08. The van der Waals surface area contributed by atoms with Crippen LogP contribution in [0.1, 0.15) is 11.1 Å². The second-order valence-electron chi connectivity index (χ2n) is 4.16. The molecular formula is C14H13ClIN3O. The van der Waals surface area contributed by atoms with Gasteiger partial charge in [0.1, 0.15) is 0 Å². The largest absolute Gasteiger partial charge is 0.409 e. The fourth-order valence-electron chi connectivity index (χ4n) is 1.68. The van der Waals surface area contributed by atoms with Crippen molar-refractivity contribution in [1.82, 2.24) is 0 Å². The summed E-state index contributed by atoms with van der Waals surface area (Å²) in [6.45, 7) is 0.689. The van der Waals surface area contributed by atoms with E-state index in [9.17, 15) is 0 Å². The van der Waals surface area contributed by atoms with Crippen molar-refractivity contribution in [2.75, 3.05) is 5.32 Å². The Morgan fingerprint density at radius 2 is 1.95 bits per heavy atom. The average molecular weight is 402 g/mol. The lowest BCUT2D eigenvalue weighted by Crippen LogP contribution is -2.13. The van der Waals surface area contributed by atoms with E-state index in [1.807, 2.05) is 42.5 Å². The van der Waals surface area contributed by atoms with Crippen molar-refractivity contribution in [2.45, 2.75) is 6.54 Å². The van der Waals surface area contributed by atoms with Crippen molar-refractivity contribution in [3.63, 3.8) is 0 Å². The lowest BCUT2D eigenvalue weighted by atomic mass is 10.1. The molecule has 4 nitrogen and oxygen atoms in total. The number of benzene rings is 2. The summed E-state index contributed by atoms with van der Waals surface area (Å²) in [5.41, 5.74) is 8.35. The first kappa shape index (κ1) is 14.9. The summed E-state index contributed by atoms with van der Waals surface area (Å²) in [6.07, 6.45) is 0. The molecule has 0 saturated heterocycles. The van der Waals surface area contributed by atoms with E-state index in [4.69, 9.17) is 22.5 Å². The lowest BCUT2D eigenvalue weighted by Gasteiger charge is -2.09. The number of hydrogen-bond acceptors (Lipinski definition) is 3. The van der Waals surface area contributed by atoms with Crippen LogP contribution >= 0.6 is 34.2 Å². The highest BCUT2D eigenvalue weighted by molar-refractivity contribution is 14.1. The molecule has 0 aliphatic rings. The van der Waals surface area contributed by atoms with E-state index >= 15 is 0 Å². The van der Waals surface area contributed by atoms with Crippen molar-refractivity contribution in [1.29, 1.82) is 0 Å². The minimum atomic E-state index is 0.108. The summed E-state index contributed by atoms with van der Waals surface area (Å²) in [5, 5.41) is 15.6. The van der Waals surface area contributed by atoms with Gasteiger partial charge in [0.15, 0.2) is 5.84 Å². The molecule has 0 atom stereocenters. The quantitative estimate of drug-likeness (QED) is 0.241. The van der Waals surface area contributed by atoms with Gasteiger partial charge in [-0.05, 0) is 46.4 Å². The number of anilines is 1. The third kappa shape index (κ3) is 3.77. The maximum Gasteiger partial charge on any atom is 0.170 e. The van der Waals surface area contributed by atoms with Crippen LogP contribution in [-0.4, -0.2) is 11.0 Å². The number of amidine groups is 1. The SMILES string of the molecule is N/C(=N/O)c1ccc(CNc2ccc(Cl)cc2I)cc1. The van der Waals surface area contributed by atoms with E-state index in [1.54, 1.807) is 0 Å². The van der Waals surface area contributed by atoms with Crippen molar-refractivity contribution >= 4 is 45.7 Å². The monoisotopic (exact) mass is 401 g/mol. The van der Waals surface area contributed by atoms with Crippen LogP contribution < -0.4 is 11.1 Å². The third-order valence-electron chi connectivity index (χ3n) is 2.77. The summed E-state index contributed by atoms with van der Waals surface area (Å²) < 4.78 is 1.07. The highest BCUT2D eigenvalue weighted by Gasteiger charge is 2.02. The van der Waals surface area contributed by atoms with Crippen molar-refractivity contribution in [3.8, 4) is 0 Å². The van der Waals surface area contributed by atoms with E-state index < -0.39 is 0 Å². The number of nitrogens with one attached hydrogen (secondary N) is 1. The van der Waals surface area contributed by atoms with Gasteiger partial charge >= 0.3 is 0 Å². The number of rotatable bonds is 4. The van der Waals surface area contributed by atoms with Gasteiger partial charge in [-0.1, -0.05) is 41.0 Å². The van der Waals surface area contributed by atoms with Gasteiger partial charge in [-0.15, -0.1) is 0 Å². The van der Waals surface area contributed by atoms with Crippen molar-refractivity contribution in [3.05, 3.63) is 62.2 Å². The summed E-state index contributed by atoms with van der Waals surface area (Å²) >= 11 is 8.16. The first-order chi connectivity index (χ1) is 9.60. The maximum absolute atomic E-state index is 8.60. The smallest absolute Gasteiger partial charge is 0.170 e. The van der Waals surface area contributed by atoms with Crippen molar-refractivity contribution < 1.29 is 5.21 Å². The fraction of sp³-hybridized carbons (Fsp3) is 0.0714. The second-order valence-corrected chi connectivity index (χ2v) is 5.76. The molecule has 2 aromatic carbocycles. The molecule has 0 amide bonds. The van der Waals surface area contributed by atoms with Gasteiger partial charge in [-0.2, -0.15) is 0 Å². The fourth-order valence-corrected chi connectivity index (χ4v) is 2.74. The van der Waals surface area contributed by atoms with Crippen LogP contribution in [-0.2, 0) is 6.54 Å². The predicted octanol–water partition coefficient (Wildman–Crippen LogP) is 3.65. The molecule has 0 aliphatic carbocycles. The van der Waals surface area contributed by atoms with E-state index in [2.05, 4.69) is 33.1 Å². The Hall–Kier alpha value is -1.47. The molecule has 0 aromatic heterocycles. The Labute approximate surface area is 135 Å². The Bertz CT molecular complexity index is 629. The van der Waals surface area contributed by atoms with Gasteiger partial charge in [0.25, 0.3) is 0 Å². The lowest BCUT2D eigenvalue weighted by molar-refractivity contribution is 0.318. The van der Waals surface area contributed by atoms with E-state index in [-0.39, 0.29) is 5.84 Å². The molecule has 0 spiro atoms. The minimum Gasteiger partial charge on any atom is -0.409 e. The highest BCUT2D eigenvalue weighted by Crippen LogP contribution is 2.22. The maximum atomic E-state index is 8.60. The third-order valence-corrected chi connectivity index (χ3v) is 3.90. The molecule has 0 bridgehead atoms. The first-order valence-corrected chi connectivity index (χ1v) is 7.31. The van der Waals surface area contributed by atoms with Crippen LogP contribution in [0.2, 0.25) is 5.02 Å². The zero-order valence-corrected chi connectivity index (χ0v) is 13.4. The summed E-state index contributed by atoms with van der Waals surface area (Å²) in [7, 11) is 0. The Morgan fingerprint density at radius 3 is 2.55 bits per heavy atom. The topological polar surface area (TPSA) is 70.6 Å². The van der Waals surface area contributed by atoms with Crippen LogP contribution in [0.3, 0.4) is 0 Å². The Balaban J connectivity index is 2.04. The van der Waals surface area contributed by atoms with Gasteiger partial charge in [-0.25, -0.2) is 0 Å². The summed E-state index contributed by atoms with van der Waals surface area (Å²) in [6, 6.07) is 13.2. The molecule has 6 heteroatoms. The normalized spacial score (nSPS) is 11.4. The van der Waals surface area contributed by atoms with Crippen LogP contribution in [0, 0.1) is 3.57 Å². The number of nitrogens with two attached hydrogens (primary N) is 1. The zero-order chi connectivity index (χ0) is 14.5. The molecule has 0 fully saturated rings. The van der Waals surface area contributed by atoms with Crippen LogP contribution in [0.25, 0.3) is 0 Å². The highest BCUT2D eigenvalue weighted by atomic mass is 127. The molecule has 0 heterocycles. The van der Waals surface area contributed by atoms with Crippen LogP contribution in [0.4, 0.5) is 5.69 Å². The molecule has 0 unspecified atom stereocenters. The number of halogens is 2. The molecule has 2 rings (SSSR count). The zero-order valence-electron chi connectivity index (χ0n) is 10.5. The number of oxime groups is 1. The molecule has 0 saturated carbocycles. The standard InChI is InChI=1S/C14H13ClIN3O/c15-11-5-6-13(12(16)7-11)18-8-9-1-3-10(4-2-9)14(17)19-20/h1-7,18,20H,8H2,(H2,17,19). The molecular weight excluding hydrogens is 389 g/mol. The molecule has 4 N–H and O–H groups in total. The van der Waals surface area contributed by atoms with Crippen LogP contribution in [0.5, 0.6) is 0 Å². The van der Waals surface area contributed by atoms with E-state index in [0.29, 0.717) is 12.1 Å². The molecule has 20 heavy (non-hydrogen) atoms. The van der Waals surface area contributed by atoms with Gasteiger partial charge in [0.05, 0.1) is 0 Å². The second kappa shape index (κ2) is 6.81. The number of nitrogens with zero attached hydrogens (tertiary/aromatic N) is 1. The number of hydrogen-bond donors (Lipinski definition) is 3. The molecule has 104 valence electrons. The van der Waals surface area contributed by atoms with Crippen LogP contribution in [0.15, 0.2) is 47.6 Å². The van der Waals surface area contributed by atoms with Gasteiger partial charge < -0.3 is 16.3 Å². The summed E-state index contributed by atoms with van der Waals surface area (Å²) in [4.78, 5) is 0. The van der Waals surface area contributed by atoms with Gasteiger partial charge in [0, 0.05) is 26.4 Å². The van der Waals surface area contributed by atoms with Crippen molar-refractivity contribution in [2.24, 2.45) is 10.9 Å². The van der Waals surface area contributed by atoms with E-state index in [1.165, 1.54) is 0 Å². The average Bonchev–Trinajstić information content (AvgIpc) is 2.46. The molecule has 0 radical (unpaired) electrons. The Morgan fingerprint density at radius 1 is 1.25 bits per heavy atom. The summed E-state index contributed by atoms with van der Waals surface area (Å²) in [5.74, 6) is 0.108. The van der Waals surface area contributed by atoms with Gasteiger partial charge in [0.2, 0.25) is 0 Å². The molecule has 0 aliphatic heterocycles. The molecule has 2 aromatic rings. The minimum absolute atomic E-state index is 0.108. The van der Waals surface area contributed by atoms with Gasteiger partial charge in [-0.3, -0.25) is 0 Å². The van der Waals surface area contributed by atoms with E-state index in [0.717, 1.165) is 19.8 Å². The predicted molar refractivity (Wildman–Crippen MR) is 90.4 cm³/mol. The first-order valence-electron chi connectivity index (χ1n) is 5.86.